The van der Waals surface area contributed by atoms with Crippen molar-refractivity contribution in [3.8, 4) is 5.75 Å². The van der Waals surface area contributed by atoms with E-state index in [1.54, 1.807) is 7.11 Å². The van der Waals surface area contributed by atoms with Crippen LogP contribution in [0.1, 0.15) is 82.0 Å². The van der Waals surface area contributed by atoms with Crippen LogP contribution in [0.3, 0.4) is 0 Å². The van der Waals surface area contributed by atoms with Gasteiger partial charge in [0.05, 0.1) is 25.4 Å². The first-order chi connectivity index (χ1) is 19.6. The number of ketones is 1. The summed E-state index contributed by atoms with van der Waals surface area (Å²) in [7, 11) is 1.64. The topological polar surface area (TPSA) is 90.2 Å². The third-order valence-corrected chi connectivity index (χ3v) is 13.5. The number of allylic oxidation sites excluding steroid dienone is 4. The highest BCUT2D eigenvalue weighted by Crippen LogP contribution is 2.78. The van der Waals surface area contributed by atoms with Gasteiger partial charge < -0.3 is 20.1 Å². The Labute approximate surface area is 244 Å². The zero-order valence-corrected chi connectivity index (χ0v) is 24.9. The zero-order chi connectivity index (χ0) is 28.8. The van der Waals surface area contributed by atoms with Crippen molar-refractivity contribution in [2.45, 2.75) is 89.4 Å². The van der Waals surface area contributed by atoms with E-state index in [1.165, 1.54) is 0 Å². The van der Waals surface area contributed by atoms with Gasteiger partial charge in [0, 0.05) is 40.0 Å². The minimum atomic E-state index is -0.868. The van der Waals surface area contributed by atoms with Crippen LogP contribution in [0.25, 0.3) is 0 Å². The summed E-state index contributed by atoms with van der Waals surface area (Å²) >= 11 is 0. The van der Waals surface area contributed by atoms with E-state index in [1.807, 2.05) is 24.3 Å². The average Bonchev–Trinajstić information content (AvgIpc) is 3.53. The molecule has 2 spiro atoms. The molecule has 0 amide bonds. The van der Waals surface area contributed by atoms with Crippen molar-refractivity contribution in [1.82, 2.24) is 4.90 Å². The lowest BCUT2D eigenvalue weighted by Gasteiger charge is -2.71. The molecule has 1 aromatic rings. The minimum absolute atomic E-state index is 0.0381. The molecule has 3 saturated carbocycles. The maximum Gasteiger partial charge on any atom is 0.189 e. The summed E-state index contributed by atoms with van der Waals surface area (Å²) in [6.45, 7) is 6.38. The highest BCUT2D eigenvalue weighted by Gasteiger charge is 2.74. The van der Waals surface area contributed by atoms with Crippen LogP contribution in [0.4, 0.5) is 0 Å². The summed E-state index contributed by atoms with van der Waals surface area (Å²) < 4.78 is 5.37. The number of benzene rings is 1. The molecular formula is C35H47NO5. The van der Waals surface area contributed by atoms with E-state index in [4.69, 9.17) is 4.74 Å². The number of fused-ring (bicyclic) bond motifs is 1. The first-order valence-corrected chi connectivity index (χ1v) is 15.9. The molecule has 6 heteroatoms. The Hall–Kier alpha value is -1.99. The molecule has 0 aromatic heterocycles. The van der Waals surface area contributed by atoms with E-state index < -0.39 is 11.0 Å². The van der Waals surface area contributed by atoms with Crippen LogP contribution >= 0.6 is 0 Å². The number of carbonyl (C=O) groups is 1. The molecule has 1 saturated heterocycles. The first kappa shape index (κ1) is 27.8. The molecule has 1 aliphatic heterocycles. The van der Waals surface area contributed by atoms with Gasteiger partial charge in [0.2, 0.25) is 0 Å². The Balaban J connectivity index is 1.34. The van der Waals surface area contributed by atoms with Crippen molar-refractivity contribution in [1.29, 1.82) is 0 Å². The Kier molecular flexibility index (Phi) is 6.28. The lowest BCUT2D eigenvalue weighted by Crippen LogP contribution is -2.67. The first-order valence-electron chi connectivity index (χ1n) is 15.9. The number of Topliss-reactive ketones (excluding diaryl/α,β-unsaturated/α-hetero) is 1. The molecule has 9 atom stereocenters. The fourth-order valence-electron chi connectivity index (χ4n) is 11.1. The number of β-amino-alcohol motifs (C(OH)–C–C–N with tert-alkyl or cyclic N) is 1. The fraction of sp³-hybridized carbons (Fsp3) is 0.686. The average molecular weight is 562 g/mol. The standard InChI is InChI=1S/C35H47NO5/c1-31-13-10-25(38)19-33(31)16-17-35(27(20-33)30(39)23-6-8-26(41-3)9-7-23)28(31)11-14-32(2)29(35)12-15-34(32,40)22-36-18-4-5-24(36)21-37/h6-9,16-17,20,24-25,28-29,37-38,40H,4-5,10-15,18-19,21-22H2,1-3H3. The zero-order valence-electron chi connectivity index (χ0n) is 24.9. The molecule has 1 heterocycles. The molecule has 0 radical (unpaired) electrons. The molecule has 9 unspecified atom stereocenters. The monoisotopic (exact) mass is 561 g/mol. The molecule has 6 aliphatic carbocycles. The van der Waals surface area contributed by atoms with Gasteiger partial charge in [0.15, 0.2) is 5.78 Å². The molecule has 3 N–H and O–H groups in total. The van der Waals surface area contributed by atoms with E-state index >= 15 is 0 Å². The largest absolute Gasteiger partial charge is 0.497 e. The Morgan fingerprint density at radius 2 is 1.71 bits per heavy atom. The smallest absolute Gasteiger partial charge is 0.189 e. The maximum absolute atomic E-state index is 14.6. The minimum Gasteiger partial charge on any atom is -0.497 e. The number of likely N-dealkylation sites (tertiary alicyclic amines) is 1. The van der Waals surface area contributed by atoms with Gasteiger partial charge in [0.1, 0.15) is 5.75 Å². The van der Waals surface area contributed by atoms with Crippen molar-refractivity contribution in [2.75, 3.05) is 26.8 Å². The predicted octanol–water partition coefficient (Wildman–Crippen LogP) is 4.93. The van der Waals surface area contributed by atoms with Crippen LogP contribution < -0.4 is 4.74 Å². The number of carbonyl (C=O) groups excluding carboxylic acids is 1. The van der Waals surface area contributed by atoms with Crippen LogP contribution in [0.2, 0.25) is 0 Å². The third kappa shape index (κ3) is 3.54. The van der Waals surface area contributed by atoms with Gasteiger partial charge in [0.25, 0.3) is 0 Å². The van der Waals surface area contributed by atoms with Crippen LogP contribution in [-0.2, 0) is 0 Å². The normalized spacial score (nSPS) is 46.5. The lowest BCUT2D eigenvalue weighted by atomic mass is 9.32. The van der Waals surface area contributed by atoms with Crippen molar-refractivity contribution >= 4 is 5.78 Å². The summed E-state index contributed by atoms with van der Waals surface area (Å²) in [5.41, 5.74) is -0.482. The third-order valence-electron chi connectivity index (χ3n) is 13.5. The van der Waals surface area contributed by atoms with Gasteiger partial charge in [-0.05, 0) is 106 Å². The quantitative estimate of drug-likeness (QED) is 0.337. The molecule has 7 aliphatic rings. The molecule has 4 fully saturated rings. The summed E-state index contributed by atoms with van der Waals surface area (Å²) in [6, 6.07) is 7.60. The molecule has 2 bridgehead atoms. The van der Waals surface area contributed by atoms with E-state index in [0.29, 0.717) is 18.5 Å². The molecule has 8 rings (SSSR count). The summed E-state index contributed by atoms with van der Waals surface area (Å²) in [4.78, 5) is 16.9. The van der Waals surface area contributed by atoms with Crippen molar-refractivity contribution in [3.05, 3.63) is 53.6 Å². The molecular weight excluding hydrogens is 514 g/mol. The van der Waals surface area contributed by atoms with E-state index in [0.717, 1.165) is 69.2 Å². The van der Waals surface area contributed by atoms with Gasteiger partial charge in [-0.2, -0.15) is 0 Å². The molecule has 222 valence electrons. The number of nitrogens with zero attached hydrogens (tertiary/aromatic N) is 1. The van der Waals surface area contributed by atoms with Gasteiger partial charge in [-0.1, -0.05) is 32.1 Å². The SMILES string of the molecule is COc1ccc(C(=O)C2=CC34C=CC25C(CCC2(C)C5CCC2(O)CN2CCCC2CO)C3(C)CCC(O)C4)cc1. The number of methoxy groups -OCH3 is 1. The summed E-state index contributed by atoms with van der Waals surface area (Å²) in [5, 5.41) is 33.5. The maximum atomic E-state index is 14.6. The predicted molar refractivity (Wildman–Crippen MR) is 158 cm³/mol. The number of aliphatic hydroxyl groups is 3. The molecule has 41 heavy (non-hydrogen) atoms. The highest BCUT2D eigenvalue weighted by atomic mass is 16.5. The summed E-state index contributed by atoms with van der Waals surface area (Å²) in [5.74, 6) is 1.23. The second kappa shape index (κ2) is 9.25. The van der Waals surface area contributed by atoms with Gasteiger partial charge in [-0.15, -0.1) is 0 Å². The lowest BCUT2D eigenvalue weighted by molar-refractivity contribution is -0.177. The van der Waals surface area contributed by atoms with Gasteiger partial charge >= 0.3 is 0 Å². The fourth-order valence-corrected chi connectivity index (χ4v) is 11.1. The van der Waals surface area contributed by atoms with Crippen molar-refractivity contribution < 1.29 is 24.9 Å². The molecule has 6 nitrogen and oxygen atoms in total. The number of hydrogen-bond acceptors (Lipinski definition) is 6. The Bertz CT molecular complexity index is 1290. The number of ether oxygens (including phenoxy) is 1. The summed E-state index contributed by atoms with van der Waals surface area (Å²) in [6.07, 6.45) is 14.6. The number of hydrogen-bond donors (Lipinski definition) is 3. The highest BCUT2D eigenvalue weighted by molar-refractivity contribution is 6.10. The second-order valence-electron chi connectivity index (χ2n) is 14.8. The number of aliphatic hydroxyl groups excluding tert-OH is 2. The number of rotatable bonds is 6. The van der Waals surface area contributed by atoms with Crippen LogP contribution in [0.5, 0.6) is 5.75 Å². The second-order valence-corrected chi connectivity index (χ2v) is 14.8. The van der Waals surface area contributed by atoms with Crippen molar-refractivity contribution in [2.24, 2.45) is 33.5 Å². The Morgan fingerprint density at radius 3 is 2.44 bits per heavy atom. The van der Waals surface area contributed by atoms with Crippen LogP contribution in [0, 0.1) is 33.5 Å². The van der Waals surface area contributed by atoms with E-state index in [-0.39, 0.29) is 52.6 Å². The van der Waals surface area contributed by atoms with Gasteiger partial charge in [-0.25, -0.2) is 0 Å². The van der Waals surface area contributed by atoms with Crippen molar-refractivity contribution in [3.63, 3.8) is 0 Å². The van der Waals surface area contributed by atoms with Crippen LogP contribution in [0.15, 0.2) is 48.1 Å². The van der Waals surface area contributed by atoms with E-state index in [2.05, 4.69) is 37.0 Å². The Morgan fingerprint density at radius 1 is 1.00 bits per heavy atom. The molecule has 1 aromatic carbocycles. The van der Waals surface area contributed by atoms with Gasteiger partial charge in [-0.3, -0.25) is 9.69 Å². The van der Waals surface area contributed by atoms with E-state index in [9.17, 15) is 20.1 Å². The van der Waals surface area contributed by atoms with Crippen LogP contribution in [-0.4, -0.2) is 70.6 Å².